The number of nitrogens with zero attached hydrogens (tertiary/aromatic N) is 2. The largest absolute Gasteiger partial charge is 0.337 e. The molecule has 0 bridgehead atoms. The van der Waals surface area contributed by atoms with E-state index in [0.29, 0.717) is 6.54 Å². The van der Waals surface area contributed by atoms with Crippen LogP contribution in [0, 0.1) is 12.3 Å². The molecule has 7 nitrogen and oxygen atoms in total. The maximum Gasteiger partial charge on any atom is 0.315 e. The quantitative estimate of drug-likeness (QED) is 0.783. The molecule has 0 unspecified atom stereocenters. The van der Waals surface area contributed by atoms with Gasteiger partial charge < -0.3 is 15.5 Å². The van der Waals surface area contributed by atoms with E-state index in [2.05, 4.69) is 20.8 Å². The number of hydrogen-bond acceptors (Lipinski definition) is 3. The highest BCUT2D eigenvalue weighted by molar-refractivity contribution is 5.95. The summed E-state index contributed by atoms with van der Waals surface area (Å²) in [5.41, 5.74) is 3.04. The molecule has 1 spiro atoms. The number of rotatable bonds is 4. The van der Waals surface area contributed by atoms with Crippen molar-refractivity contribution in [3.05, 3.63) is 53.3 Å². The van der Waals surface area contributed by atoms with Gasteiger partial charge in [-0.3, -0.25) is 9.89 Å². The standard InChI is InChI=1S/C19H23N5O2/c1-13-2-4-15(5-3-13)17(25)24-11-19(12-24)6-16(7-19)23-18(26)20-8-14-9-21-22-10-14/h2-5,9-10,16H,6-8,11-12H2,1H3,(H,21,22)(H2,20,23,26). The van der Waals surface area contributed by atoms with E-state index in [1.54, 1.807) is 12.4 Å². The number of hydrogen-bond donors (Lipinski definition) is 3. The number of H-pyrrole nitrogens is 1. The Labute approximate surface area is 152 Å². The average Bonchev–Trinajstić information content (AvgIpc) is 3.07. The van der Waals surface area contributed by atoms with Crippen LogP contribution in [0.15, 0.2) is 36.7 Å². The zero-order valence-electron chi connectivity index (χ0n) is 14.8. The first-order valence-electron chi connectivity index (χ1n) is 8.91. The molecular weight excluding hydrogens is 330 g/mol. The Balaban J connectivity index is 1.19. The molecule has 2 heterocycles. The fourth-order valence-electron chi connectivity index (χ4n) is 3.92. The van der Waals surface area contributed by atoms with Gasteiger partial charge in [-0.25, -0.2) is 4.79 Å². The lowest BCUT2D eigenvalue weighted by Gasteiger charge is -2.59. The Kier molecular flexibility index (Phi) is 4.14. The molecule has 4 rings (SSSR count). The fourth-order valence-corrected chi connectivity index (χ4v) is 3.92. The molecule has 136 valence electrons. The van der Waals surface area contributed by atoms with Crippen molar-refractivity contribution in [2.75, 3.05) is 13.1 Å². The lowest BCUT2D eigenvalue weighted by atomic mass is 9.60. The van der Waals surface area contributed by atoms with Gasteiger partial charge >= 0.3 is 6.03 Å². The van der Waals surface area contributed by atoms with E-state index < -0.39 is 0 Å². The highest BCUT2D eigenvalue weighted by Crippen LogP contribution is 2.48. The Morgan fingerprint density at radius 2 is 2.00 bits per heavy atom. The van der Waals surface area contributed by atoms with Crippen LogP contribution in [0.25, 0.3) is 0 Å². The summed E-state index contributed by atoms with van der Waals surface area (Å²) in [6.07, 6.45) is 5.31. The molecule has 1 saturated heterocycles. The molecule has 2 aliphatic rings. The second kappa shape index (κ2) is 6.48. The number of aromatic nitrogens is 2. The Hall–Kier alpha value is -2.83. The van der Waals surface area contributed by atoms with Gasteiger partial charge in [-0.2, -0.15) is 5.10 Å². The third-order valence-electron chi connectivity index (χ3n) is 5.34. The van der Waals surface area contributed by atoms with Gasteiger partial charge in [0, 0.05) is 48.4 Å². The summed E-state index contributed by atoms with van der Waals surface area (Å²) in [5, 5.41) is 12.4. The second-order valence-corrected chi connectivity index (χ2v) is 7.57. The third-order valence-corrected chi connectivity index (χ3v) is 5.34. The zero-order valence-corrected chi connectivity index (χ0v) is 14.8. The summed E-state index contributed by atoms with van der Waals surface area (Å²) in [5.74, 6) is 0.102. The maximum absolute atomic E-state index is 12.5. The predicted molar refractivity (Wildman–Crippen MR) is 96.5 cm³/mol. The molecule has 2 fully saturated rings. The number of likely N-dealkylation sites (tertiary alicyclic amines) is 1. The molecule has 7 heteroatoms. The predicted octanol–water partition coefficient (Wildman–Crippen LogP) is 1.82. The highest BCUT2D eigenvalue weighted by atomic mass is 16.2. The van der Waals surface area contributed by atoms with Gasteiger partial charge in [-0.1, -0.05) is 17.7 Å². The fraction of sp³-hybridized carbons (Fsp3) is 0.421. The molecule has 3 N–H and O–H groups in total. The van der Waals surface area contributed by atoms with Crippen LogP contribution in [0.1, 0.15) is 34.3 Å². The van der Waals surface area contributed by atoms with Gasteiger partial charge in [0.2, 0.25) is 0 Å². The van der Waals surface area contributed by atoms with Crippen molar-refractivity contribution >= 4 is 11.9 Å². The van der Waals surface area contributed by atoms with E-state index in [1.807, 2.05) is 36.1 Å². The van der Waals surface area contributed by atoms with Crippen molar-refractivity contribution < 1.29 is 9.59 Å². The number of nitrogens with one attached hydrogen (secondary N) is 3. The van der Waals surface area contributed by atoms with Crippen molar-refractivity contribution in [1.82, 2.24) is 25.7 Å². The molecule has 1 aliphatic carbocycles. The summed E-state index contributed by atoms with van der Waals surface area (Å²) in [7, 11) is 0. The van der Waals surface area contributed by atoms with Crippen LogP contribution in [0.4, 0.5) is 4.79 Å². The average molecular weight is 353 g/mol. The number of carbonyl (C=O) groups excluding carboxylic acids is 2. The molecule has 0 atom stereocenters. The van der Waals surface area contributed by atoms with Crippen molar-refractivity contribution in [2.24, 2.45) is 5.41 Å². The molecule has 1 aromatic heterocycles. The molecule has 0 radical (unpaired) electrons. The molecule has 1 aliphatic heterocycles. The van der Waals surface area contributed by atoms with Gasteiger partial charge in [0.25, 0.3) is 5.91 Å². The number of carbonyl (C=O) groups is 2. The van der Waals surface area contributed by atoms with E-state index in [4.69, 9.17) is 0 Å². The Morgan fingerprint density at radius 1 is 1.27 bits per heavy atom. The van der Waals surface area contributed by atoms with Crippen LogP contribution in [0.2, 0.25) is 0 Å². The lowest BCUT2D eigenvalue weighted by molar-refractivity contribution is -0.0585. The Morgan fingerprint density at radius 3 is 2.65 bits per heavy atom. The summed E-state index contributed by atoms with van der Waals surface area (Å²) >= 11 is 0. The first-order chi connectivity index (χ1) is 12.5. The number of urea groups is 1. The van der Waals surface area contributed by atoms with Gasteiger partial charge in [0.1, 0.15) is 0 Å². The minimum absolute atomic E-state index is 0.102. The van der Waals surface area contributed by atoms with Gasteiger partial charge in [-0.05, 0) is 31.9 Å². The summed E-state index contributed by atoms with van der Waals surface area (Å²) in [6.45, 7) is 4.04. The molecule has 1 aromatic carbocycles. The van der Waals surface area contributed by atoms with Gasteiger partial charge in [-0.15, -0.1) is 0 Å². The summed E-state index contributed by atoms with van der Waals surface area (Å²) in [4.78, 5) is 26.3. The second-order valence-electron chi connectivity index (χ2n) is 7.57. The number of benzene rings is 1. The van der Waals surface area contributed by atoms with E-state index in [1.165, 1.54) is 0 Å². The van der Waals surface area contributed by atoms with Crippen LogP contribution in [-0.4, -0.2) is 46.2 Å². The minimum atomic E-state index is -0.155. The minimum Gasteiger partial charge on any atom is -0.337 e. The first kappa shape index (κ1) is 16.6. The smallest absolute Gasteiger partial charge is 0.315 e. The topological polar surface area (TPSA) is 90.1 Å². The van der Waals surface area contributed by atoms with Crippen LogP contribution in [-0.2, 0) is 6.54 Å². The third kappa shape index (κ3) is 3.29. The van der Waals surface area contributed by atoms with Crippen LogP contribution in [0.3, 0.4) is 0 Å². The summed E-state index contributed by atoms with van der Waals surface area (Å²) < 4.78 is 0. The van der Waals surface area contributed by atoms with Crippen molar-refractivity contribution in [2.45, 2.75) is 32.4 Å². The zero-order chi connectivity index (χ0) is 18.1. The maximum atomic E-state index is 12.5. The van der Waals surface area contributed by atoms with Crippen LogP contribution < -0.4 is 10.6 Å². The summed E-state index contributed by atoms with van der Waals surface area (Å²) in [6, 6.07) is 7.74. The van der Waals surface area contributed by atoms with E-state index in [-0.39, 0.29) is 23.4 Å². The SMILES string of the molecule is Cc1ccc(C(=O)N2CC3(CC(NC(=O)NCc4cn[nH]c4)C3)C2)cc1. The van der Waals surface area contributed by atoms with Crippen molar-refractivity contribution in [1.29, 1.82) is 0 Å². The van der Waals surface area contributed by atoms with Crippen molar-refractivity contribution in [3.8, 4) is 0 Å². The van der Waals surface area contributed by atoms with Crippen LogP contribution >= 0.6 is 0 Å². The number of aromatic amines is 1. The Bertz CT molecular complexity index is 786. The first-order valence-corrected chi connectivity index (χ1v) is 8.91. The molecule has 2 aromatic rings. The normalized spacial score (nSPS) is 18.1. The molecular formula is C19H23N5O2. The van der Waals surface area contributed by atoms with Crippen molar-refractivity contribution in [3.63, 3.8) is 0 Å². The lowest BCUT2D eigenvalue weighted by Crippen LogP contribution is -2.67. The molecule has 1 saturated carbocycles. The molecule has 26 heavy (non-hydrogen) atoms. The van der Waals surface area contributed by atoms with Gasteiger partial charge in [0.15, 0.2) is 0 Å². The number of amides is 3. The van der Waals surface area contributed by atoms with E-state index >= 15 is 0 Å². The van der Waals surface area contributed by atoms with E-state index in [0.717, 1.165) is 42.6 Å². The van der Waals surface area contributed by atoms with Crippen LogP contribution in [0.5, 0.6) is 0 Å². The van der Waals surface area contributed by atoms with Gasteiger partial charge in [0.05, 0.1) is 6.20 Å². The number of aryl methyl sites for hydroxylation is 1. The molecule has 3 amide bonds. The van der Waals surface area contributed by atoms with E-state index in [9.17, 15) is 9.59 Å². The monoisotopic (exact) mass is 353 g/mol. The highest BCUT2D eigenvalue weighted by Gasteiger charge is 2.54.